The minimum atomic E-state index is -4.47. The number of rotatable bonds is 10. The minimum absolute atomic E-state index is 0.0938. The van der Waals surface area contributed by atoms with Crippen molar-refractivity contribution in [3.05, 3.63) is 65.7 Å². The number of carbonyl (C=O) groups is 2. The van der Waals surface area contributed by atoms with E-state index < -0.39 is 17.8 Å². The van der Waals surface area contributed by atoms with E-state index in [0.29, 0.717) is 52.2 Å². The molecule has 38 heavy (non-hydrogen) atoms. The summed E-state index contributed by atoms with van der Waals surface area (Å²) in [5.41, 5.74) is 0.246. The Bertz CT molecular complexity index is 1100. The van der Waals surface area contributed by atoms with Gasteiger partial charge in [-0.3, -0.25) is 9.69 Å². The van der Waals surface area contributed by atoms with Crippen molar-refractivity contribution in [2.24, 2.45) is 0 Å². The predicted molar refractivity (Wildman–Crippen MR) is 142 cm³/mol. The number of carbonyl (C=O) groups excluding carboxylic acids is 2. The number of piperazine rings is 1. The van der Waals surface area contributed by atoms with E-state index in [1.165, 1.54) is 12.1 Å². The molecule has 3 rings (SSSR count). The minimum Gasteiger partial charge on any atom is -0.496 e. The summed E-state index contributed by atoms with van der Waals surface area (Å²) in [7, 11) is 1.62. The number of anilines is 1. The lowest BCUT2D eigenvalue weighted by Gasteiger charge is -2.35. The number of alkyl halides is 3. The summed E-state index contributed by atoms with van der Waals surface area (Å²) in [5, 5.41) is 2.56. The molecule has 1 aliphatic rings. The number of nitrogens with one attached hydrogen (secondary N) is 1. The second-order valence-electron chi connectivity index (χ2n) is 9.07. The van der Waals surface area contributed by atoms with Crippen LogP contribution in [0.15, 0.2) is 54.6 Å². The molecule has 10 heteroatoms. The quantitative estimate of drug-likeness (QED) is 0.457. The normalized spacial score (nSPS) is 14.5. The van der Waals surface area contributed by atoms with Gasteiger partial charge in [-0.05, 0) is 30.7 Å². The first kappa shape index (κ1) is 29.0. The van der Waals surface area contributed by atoms with Crippen LogP contribution in [0.5, 0.6) is 5.75 Å². The highest BCUT2D eigenvalue weighted by Gasteiger charge is 2.30. The molecule has 0 unspecified atom stereocenters. The van der Waals surface area contributed by atoms with Crippen molar-refractivity contribution >= 4 is 23.7 Å². The van der Waals surface area contributed by atoms with Gasteiger partial charge in [-0.25, -0.2) is 4.79 Å². The van der Waals surface area contributed by atoms with Gasteiger partial charge in [0.15, 0.2) is 0 Å². The average molecular weight is 533 g/mol. The molecular weight excluding hydrogens is 497 g/mol. The number of halogens is 3. The molecule has 1 fully saturated rings. The molecule has 0 radical (unpaired) electrons. The highest BCUT2D eigenvalue weighted by molar-refractivity contribution is 5.89. The Morgan fingerprint density at radius 1 is 1.08 bits per heavy atom. The molecule has 206 valence electrons. The Balaban J connectivity index is 1.49. The molecule has 2 aromatic carbocycles. The van der Waals surface area contributed by atoms with E-state index >= 15 is 0 Å². The van der Waals surface area contributed by atoms with Gasteiger partial charge in [0.25, 0.3) is 0 Å². The summed E-state index contributed by atoms with van der Waals surface area (Å²) >= 11 is 0. The predicted octanol–water partition coefficient (Wildman–Crippen LogP) is 5.21. The van der Waals surface area contributed by atoms with E-state index in [2.05, 4.69) is 10.2 Å². The summed E-state index contributed by atoms with van der Waals surface area (Å²) in [6.07, 6.45) is 0.689. The molecule has 7 nitrogen and oxygen atoms in total. The van der Waals surface area contributed by atoms with E-state index in [9.17, 15) is 22.8 Å². The van der Waals surface area contributed by atoms with Crippen LogP contribution in [-0.2, 0) is 11.0 Å². The average Bonchev–Trinajstić information content (AvgIpc) is 2.91. The van der Waals surface area contributed by atoms with Crippen molar-refractivity contribution < 1.29 is 27.5 Å². The van der Waals surface area contributed by atoms with E-state index in [1.54, 1.807) is 12.0 Å². The van der Waals surface area contributed by atoms with Gasteiger partial charge in [0.1, 0.15) is 5.75 Å². The first-order valence-electron chi connectivity index (χ1n) is 12.7. The van der Waals surface area contributed by atoms with E-state index in [-0.39, 0.29) is 11.6 Å². The second kappa shape index (κ2) is 13.9. The van der Waals surface area contributed by atoms with E-state index in [4.69, 9.17) is 4.74 Å². The first-order valence-corrected chi connectivity index (χ1v) is 12.7. The van der Waals surface area contributed by atoms with Gasteiger partial charge >= 0.3 is 12.2 Å². The Kier molecular flexibility index (Phi) is 10.6. The Morgan fingerprint density at radius 2 is 1.82 bits per heavy atom. The van der Waals surface area contributed by atoms with Gasteiger partial charge in [-0.1, -0.05) is 43.3 Å². The standard InChI is InChI=1S/C28H35F3N4O3/c1-3-8-26(36)34(14-7-10-22-9-4-5-13-25(22)38-2)18-15-33-16-19-35(20-17-33)27(37)32-24-12-6-11-23(21-24)28(29,30)31/h4-7,9-13,21H,3,8,14-20H2,1-2H3,(H,32,37)/b10-7+. The van der Waals surface area contributed by atoms with Crippen molar-refractivity contribution in [1.82, 2.24) is 14.7 Å². The summed E-state index contributed by atoms with van der Waals surface area (Å²) in [5.74, 6) is 0.862. The molecule has 1 saturated heterocycles. The number of methoxy groups -OCH3 is 1. The maximum Gasteiger partial charge on any atom is 0.416 e. The Labute approximate surface area is 221 Å². The van der Waals surface area contributed by atoms with Gasteiger partial charge in [0, 0.05) is 63.5 Å². The van der Waals surface area contributed by atoms with Crippen molar-refractivity contribution in [3.8, 4) is 5.75 Å². The molecule has 0 saturated carbocycles. The van der Waals surface area contributed by atoms with Crippen molar-refractivity contribution in [1.29, 1.82) is 0 Å². The molecule has 1 heterocycles. The number of benzene rings is 2. The molecule has 3 amide bonds. The molecule has 0 aromatic heterocycles. The SMILES string of the molecule is CCCC(=O)N(C/C=C/c1ccccc1OC)CCN1CCN(C(=O)Nc2cccc(C(F)(F)F)c2)CC1. The summed E-state index contributed by atoms with van der Waals surface area (Å²) in [6.45, 7) is 5.81. The Hall–Kier alpha value is -3.53. The van der Waals surface area contributed by atoms with Crippen LogP contribution in [0.25, 0.3) is 6.08 Å². The van der Waals surface area contributed by atoms with Crippen LogP contribution in [0.1, 0.15) is 30.9 Å². The van der Waals surface area contributed by atoms with Crippen LogP contribution in [0, 0.1) is 0 Å². The number of amides is 3. The molecule has 0 spiro atoms. The molecule has 0 aliphatic carbocycles. The van der Waals surface area contributed by atoms with E-state index in [0.717, 1.165) is 29.9 Å². The molecule has 0 atom stereocenters. The zero-order valence-electron chi connectivity index (χ0n) is 21.8. The summed E-state index contributed by atoms with van der Waals surface area (Å²) in [4.78, 5) is 30.9. The third kappa shape index (κ3) is 8.51. The van der Waals surface area contributed by atoms with Crippen LogP contribution < -0.4 is 10.1 Å². The summed E-state index contributed by atoms with van der Waals surface area (Å²) in [6, 6.07) is 11.9. The lowest BCUT2D eigenvalue weighted by molar-refractivity contribution is -0.137. The molecule has 0 bridgehead atoms. The van der Waals surface area contributed by atoms with Crippen molar-refractivity contribution in [2.45, 2.75) is 25.9 Å². The van der Waals surface area contributed by atoms with Crippen molar-refractivity contribution in [2.75, 3.05) is 58.2 Å². The maximum atomic E-state index is 12.9. The number of urea groups is 1. The lowest BCUT2D eigenvalue weighted by Crippen LogP contribution is -2.51. The van der Waals surface area contributed by atoms with Gasteiger partial charge in [0.05, 0.1) is 12.7 Å². The maximum absolute atomic E-state index is 12.9. The van der Waals surface area contributed by atoms with Crippen LogP contribution in [0.3, 0.4) is 0 Å². The molecule has 1 aliphatic heterocycles. The third-order valence-electron chi connectivity index (χ3n) is 6.37. The Morgan fingerprint density at radius 3 is 2.50 bits per heavy atom. The summed E-state index contributed by atoms with van der Waals surface area (Å²) < 4.78 is 44.2. The van der Waals surface area contributed by atoms with Crippen LogP contribution in [-0.4, -0.2) is 79.6 Å². The van der Waals surface area contributed by atoms with Crippen LogP contribution in [0.4, 0.5) is 23.7 Å². The molecule has 1 N–H and O–H groups in total. The fourth-order valence-electron chi connectivity index (χ4n) is 4.21. The highest BCUT2D eigenvalue weighted by atomic mass is 19.4. The highest BCUT2D eigenvalue weighted by Crippen LogP contribution is 2.30. The first-order chi connectivity index (χ1) is 18.2. The monoisotopic (exact) mass is 532 g/mol. The number of para-hydroxylation sites is 1. The lowest BCUT2D eigenvalue weighted by atomic mass is 10.2. The largest absolute Gasteiger partial charge is 0.496 e. The zero-order chi connectivity index (χ0) is 27.5. The van der Waals surface area contributed by atoms with Crippen molar-refractivity contribution in [3.63, 3.8) is 0 Å². The van der Waals surface area contributed by atoms with Gasteiger partial charge in [-0.2, -0.15) is 13.2 Å². The van der Waals surface area contributed by atoms with Gasteiger partial charge < -0.3 is 19.9 Å². The van der Waals surface area contributed by atoms with E-state index in [1.807, 2.05) is 48.2 Å². The topological polar surface area (TPSA) is 65.1 Å². The number of hydrogen-bond acceptors (Lipinski definition) is 4. The molecule has 2 aromatic rings. The smallest absolute Gasteiger partial charge is 0.416 e. The van der Waals surface area contributed by atoms with Crippen LogP contribution in [0.2, 0.25) is 0 Å². The van der Waals surface area contributed by atoms with Gasteiger partial charge in [0.2, 0.25) is 5.91 Å². The third-order valence-corrected chi connectivity index (χ3v) is 6.37. The van der Waals surface area contributed by atoms with Crippen LogP contribution >= 0.6 is 0 Å². The molecular formula is C28H35F3N4O3. The number of nitrogens with zero attached hydrogens (tertiary/aromatic N) is 3. The van der Waals surface area contributed by atoms with Gasteiger partial charge in [-0.15, -0.1) is 0 Å². The second-order valence-corrected chi connectivity index (χ2v) is 9.07. The zero-order valence-corrected chi connectivity index (χ0v) is 21.8. The number of ether oxygens (including phenoxy) is 1. The fourth-order valence-corrected chi connectivity index (χ4v) is 4.21. The fraction of sp³-hybridized carbons (Fsp3) is 0.429. The number of hydrogen-bond donors (Lipinski definition) is 1.